The van der Waals surface area contributed by atoms with Gasteiger partial charge in [0.25, 0.3) is 0 Å². The van der Waals surface area contributed by atoms with E-state index >= 15 is 0 Å². The van der Waals surface area contributed by atoms with Crippen molar-refractivity contribution in [1.29, 1.82) is 0 Å². The molecule has 4 rings (SSSR count). The van der Waals surface area contributed by atoms with Gasteiger partial charge < -0.3 is 10.2 Å². The molecule has 5 heteroatoms. The van der Waals surface area contributed by atoms with Gasteiger partial charge >= 0.3 is 0 Å². The van der Waals surface area contributed by atoms with Gasteiger partial charge in [0.1, 0.15) is 17.5 Å². The summed E-state index contributed by atoms with van der Waals surface area (Å²) < 4.78 is 0. The molecular formula is C20H19ClN4. The van der Waals surface area contributed by atoms with Crippen molar-refractivity contribution in [1.82, 2.24) is 9.97 Å². The van der Waals surface area contributed by atoms with Crippen molar-refractivity contribution in [2.75, 3.05) is 16.8 Å². The van der Waals surface area contributed by atoms with Crippen LogP contribution < -0.4 is 10.2 Å². The summed E-state index contributed by atoms with van der Waals surface area (Å²) in [6, 6.07) is 18.2. The molecular weight excluding hydrogens is 332 g/mol. The fraction of sp³-hybridized carbons (Fsp3) is 0.200. The van der Waals surface area contributed by atoms with E-state index in [4.69, 9.17) is 11.6 Å². The first-order chi connectivity index (χ1) is 12.2. The molecule has 0 bridgehead atoms. The Morgan fingerprint density at radius 2 is 1.76 bits per heavy atom. The van der Waals surface area contributed by atoms with Gasteiger partial charge in [-0.1, -0.05) is 35.9 Å². The predicted octanol–water partition coefficient (Wildman–Crippen LogP) is 4.74. The molecule has 0 spiro atoms. The maximum atomic E-state index is 5.95. The number of nitrogens with zero attached hydrogens (tertiary/aromatic N) is 3. The molecule has 1 N–H and O–H groups in total. The molecule has 0 amide bonds. The van der Waals surface area contributed by atoms with Crippen molar-refractivity contribution in [2.45, 2.75) is 19.9 Å². The minimum absolute atomic E-state index is 0.720. The van der Waals surface area contributed by atoms with Gasteiger partial charge in [-0.25, -0.2) is 9.97 Å². The van der Waals surface area contributed by atoms with Crippen molar-refractivity contribution in [2.24, 2.45) is 0 Å². The second-order valence-corrected chi connectivity index (χ2v) is 6.67. The summed E-state index contributed by atoms with van der Waals surface area (Å²) in [5.74, 6) is 2.51. The van der Waals surface area contributed by atoms with Crippen LogP contribution in [0.3, 0.4) is 0 Å². The van der Waals surface area contributed by atoms with Crippen LogP contribution in [0.25, 0.3) is 0 Å². The quantitative estimate of drug-likeness (QED) is 0.740. The number of rotatable bonds is 3. The number of fused-ring (bicyclic) bond motifs is 1. The Bertz CT molecular complexity index is 892. The SMILES string of the molecule is Cc1nc(Nc2ccc(Cl)cc2)cc(N2CCc3ccccc3C2)n1. The van der Waals surface area contributed by atoms with E-state index in [0.717, 1.165) is 47.7 Å². The molecule has 2 aromatic carbocycles. The third-order valence-electron chi connectivity index (χ3n) is 4.40. The molecule has 126 valence electrons. The average Bonchev–Trinajstić information content (AvgIpc) is 2.63. The fourth-order valence-electron chi connectivity index (χ4n) is 3.15. The fourth-order valence-corrected chi connectivity index (χ4v) is 3.28. The van der Waals surface area contributed by atoms with Crippen molar-refractivity contribution in [3.8, 4) is 0 Å². The lowest BCUT2D eigenvalue weighted by Crippen LogP contribution is -2.31. The van der Waals surface area contributed by atoms with E-state index in [1.807, 2.05) is 37.3 Å². The highest BCUT2D eigenvalue weighted by molar-refractivity contribution is 6.30. The van der Waals surface area contributed by atoms with E-state index in [2.05, 4.69) is 44.5 Å². The number of hydrogen-bond acceptors (Lipinski definition) is 4. The van der Waals surface area contributed by atoms with Gasteiger partial charge in [-0.15, -0.1) is 0 Å². The third kappa shape index (κ3) is 3.59. The lowest BCUT2D eigenvalue weighted by Gasteiger charge is -2.30. The van der Waals surface area contributed by atoms with Crippen LogP contribution in [0.4, 0.5) is 17.3 Å². The Labute approximate surface area is 152 Å². The zero-order valence-electron chi connectivity index (χ0n) is 14.0. The van der Waals surface area contributed by atoms with Crippen LogP contribution in [-0.4, -0.2) is 16.5 Å². The van der Waals surface area contributed by atoms with Crippen LogP contribution in [0.5, 0.6) is 0 Å². The summed E-state index contributed by atoms with van der Waals surface area (Å²) in [6.45, 7) is 3.77. The van der Waals surface area contributed by atoms with E-state index in [9.17, 15) is 0 Å². The summed E-state index contributed by atoms with van der Waals surface area (Å²) in [6.07, 6.45) is 1.04. The monoisotopic (exact) mass is 350 g/mol. The molecule has 4 nitrogen and oxygen atoms in total. The van der Waals surface area contributed by atoms with Crippen LogP contribution in [0, 0.1) is 6.92 Å². The van der Waals surface area contributed by atoms with Gasteiger partial charge in [-0.05, 0) is 48.7 Å². The Morgan fingerprint density at radius 1 is 1.00 bits per heavy atom. The maximum absolute atomic E-state index is 5.95. The molecule has 1 aliphatic rings. The summed E-state index contributed by atoms with van der Waals surface area (Å²) >= 11 is 5.95. The molecule has 1 aliphatic heterocycles. The van der Waals surface area contributed by atoms with Crippen LogP contribution in [0.15, 0.2) is 54.6 Å². The number of benzene rings is 2. The Morgan fingerprint density at radius 3 is 2.56 bits per heavy atom. The maximum Gasteiger partial charge on any atom is 0.136 e. The summed E-state index contributed by atoms with van der Waals surface area (Å²) in [7, 11) is 0. The Kier molecular flexibility index (Phi) is 4.28. The third-order valence-corrected chi connectivity index (χ3v) is 4.65. The van der Waals surface area contributed by atoms with Crippen molar-refractivity contribution >= 4 is 28.9 Å². The zero-order valence-corrected chi connectivity index (χ0v) is 14.8. The number of nitrogens with one attached hydrogen (secondary N) is 1. The van der Waals surface area contributed by atoms with Gasteiger partial charge in [0.15, 0.2) is 0 Å². The highest BCUT2D eigenvalue weighted by Crippen LogP contribution is 2.26. The first-order valence-corrected chi connectivity index (χ1v) is 8.75. The summed E-state index contributed by atoms with van der Waals surface area (Å²) in [5, 5.41) is 4.05. The zero-order chi connectivity index (χ0) is 17.2. The van der Waals surface area contributed by atoms with Gasteiger partial charge in [0.05, 0.1) is 0 Å². The highest BCUT2D eigenvalue weighted by Gasteiger charge is 2.18. The van der Waals surface area contributed by atoms with Gasteiger partial charge in [-0.3, -0.25) is 0 Å². The molecule has 0 aliphatic carbocycles. The molecule has 2 heterocycles. The van der Waals surface area contributed by atoms with E-state index in [1.54, 1.807) is 0 Å². The van der Waals surface area contributed by atoms with Crippen LogP contribution in [0.2, 0.25) is 5.02 Å². The molecule has 0 atom stereocenters. The first-order valence-electron chi connectivity index (χ1n) is 8.37. The highest BCUT2D eigenvalue weighted by atomic mass is 35.5. The molecule has 1 aromatic heterocycles. The smallest absolute Gasteiger partial charge is 0.136 e. The van der Waals surface area contributed by atoms with Crippen LogP contribution in [-0.2, 0) is 13.0 Å². The molecule has 0 saturated heterocycles. The first kappa shape index (κ1) is 15.9. The van der Waals surface area contributed by atoms with Gasteiger partial charge in [0, 0.05) is 29.9 Å². The number of anilines is 3. The van der Waals surface area contributed by atoms with Crippen molar-refractivity contribution in [3.63, 3.8) is 0 Å². The lowest BCUT2D eigenvalue weighted by molar-refractivity contribution is 0.717. The average molecular weight is 351 g/mol. The van der Waals surface area contributed by atoms with Crippen molar-refractivity contribution < 1.29 is 0 Å². The molecule has 3 aromatic rings. The molecule has 0 saturated carbocycles. The molecule has 0 unspecified atom stereocenters. The number of hydrogen-bond donors (Lipinski definition) is 1. The van der Waals surface area contributed by atoms with E-state index in [-0.39, 0.29) is 0 Å². The lowest BCUT2D eigenvalue weighted by atomic mass is 10.00. The predicted molar refractivity (Wildman–Crippen MR) is 103 cm³/mol. The second kappa shape index (κ2) is 6.73. The van der Waals surface area contributed by atoms with Gasteiger partial charge in [-0.2, -0.15) is 0 Å². The Balaban J connectivity index is 1.59. The van der Waals surface area contributed by atoms with E-state index < -0.39 is 0 Å². The van der Waals surface area contributed by atoms with Crippen LogP contribution in [0.1, 0.15) is 17.0 Å². The van der Waals surface area contributed by atoms with E-state index in [1.165, 1.54) is 11.1 Å². The summed E-state index contributed by atoms with van der Waals surface area (Å²) in [4.78, 5) is 11.5. The minimum Gasteiger partial charge on any atom is -0.352 e. The molecule has 0 fully saturated rings. The normalized spacial score (nSPS) is 13.4. The summed E-state index contributed by atoms with van der Waals surface area (Å²) in [5.41, 5.74) is 3.76. The van der Waals surface area contributed by atoms with Crippen LogP contribution >= 0.6 is 11.6 Å². The standard InChI is InChI=1S/C20H19ClN4/c1-14-22-19(24-18-8-6-17(21)7-9-18)12-20(23-14)25-11-10-15-4-2-3-5-16(15)13-25/h2-9,12H,10-11,13H2,1H3,(H,22,23,24). The second-order valence-electron chi connectivity index (χ2n) is 6.23. The number of halogens is 1. The van der Waals surface area contributed by atoms with Gasteiger partial charge in [0.2, 0.25) is 0 Å². The largest absolute Gasteiger partial charge is 0.352 e. The minimum atomic E-state index is 0.720. The van der Waals surface area contributed by atoms with E-state index in [0.29, 0.717) is 0 Å². The Hall–Kier alpha value is -2.59. The number of aryl methyl sites for hydroxylation is 1. The molecule has 0 radical (unpaired) electrons. The topological polar surface area (TPSA) is 41.1 Å². The molecule has 25 heavy (non-hydrogen) atoms. The van der Waals surface area contributed by atoms with Crippen molar-refractivity contribution in [3.05, 3.63) is 76.6 Å². The number of aromatic nitrogens is 2.